The molecular formula is C14H12ClFN4O. The van der Waals surface area contributed by atoms with E-state index in [0.717, 1.165) is 5.69 Å². The van der Waals surface area contributed by atoms with Crippen LogP contribution in [0.3, 0.4) is 0 Å². The highest BCUT2D eigenvalue weighted by Gasteiger charge is 2.09. The van der Waals surface area contributed by atoms with Crippen LogP contribution < -0.4 is 0 Å². The second kappa shape index (κ2) is 6.05. The second-order valence-electron chi connectivity index (χ2n) is 4.50. The molecule has 0 saturated heterocycles. The molecule has 0 aliphatic heterocycles. The highest BCUT2D eigenvalue weighted by molar-refractivity contribution is 6.17. The first-order valence-electron chi connectivity index (χ1n) is 6.40. The molecule has 0 aliphatic rings. The normalized spacial score (nSPS) is 11.0. The molecule has 0 N–H and O–H groups in total. The molecule has 0 aliphatic carbocycles. The molecule has 1 aromatic carbocycles. The second-order valence-corrected chi connectivity index (χ2v) is 4.88. The summed E-state index contributed by atoms with van der Waals surface area (Å²) in [5.74, 6) is 0.562. The quantitative estimate of drug-likeness (QED) is 0.680. The van der Waals surface area contributed by atoms with E-state index < -0.39 is 0 Å². The highest BCUT2D eigenvalue weighted by atomic mass is 35.5. The fraction of sp³-hybridized carbons (Fsp3) is 0.214. The Bertz CT molecular complexity index is 740. The maximum absolute atomic E-state index is 13.2. The van der Waals surface area contributed by atoms with E-state index in [2.05, 4.69) is 15.3 Å². The SMILES string of the molecule is Fc1cccc(-c2nc(Cn3cc(CCCl)nn3)co2)c1. The molecule has 3 rings (SSSR count). The van der Waals surface area contributed by atoms with Crippen LogP contribution in [0.1, 0.15) is 11.4 Å². The van der Waals surface area contributed by atoms with Gasteiger partial charge < -0.3 is 4.42 Å². The molecule has 0 amide bonds. The minimum Gasteiger partial charge on any atom is -0.444 e. The molecule has 0 spiro atoms. The predicted molar refractivity (Wildman–Crippen MR) is 75.4 cm³/mol. The number of hydrogen-bond donors (Lipinski definition) is 0. The van der Waals surface area contributed by atoms with Gasteiger partial charge in [-0.1, -0.05) is 11.3 Å². The summed E-state index contributed by atoms with van der Waals surface area (Å²) in [6.07, 6.45) is 4.02. The number of nitrogens with zero attached hydrogens (tertiary/aromatic N) is 4. The van der Waals surface area contributed by atoms with Crippen molar-refractivity contribution < 1.29 is 8.81 Å². The van der Waals surface area contributed by atoms with Gasteiger partial charge in [0.05, 0.1) is 12.2 Å². The maximum atomic E-state index is 13.2. The molecule has 2 aromatic heterocycles. The van der Waals surface area contributed by atoms with E-state index in [1.807, 2.05) is 6.20 Å². The molecule has 3 aromatic rings. The van der Waals surface area contributed by atoms with Crippen LogP contribution in [0.15, 0.2) is 41.1 Å². The molecule has 5 nitrogen and oxygen atoms in total. The molecule has 21 heavy (non-hydrogen) atoms. The van der Waals surface area contributed by atoms with Crippen LogP contribution in [0.4, 0.5) is 4.39 Å². The third-order valence-corrected chi connectivity index (χ3v) is 3.07. The minimum atomic E-state index is -0.325. The predicted octanol–water partition coefficient (Wildman–Crippen LogP) is 2.90. The van der Waals surface area contributed by atoms with E-state index in [0.29, 0.717) is 36.0 Å². The van der Waals surface area contributed by atoms with Crippen molar-refractivity contribution in [2.45, 2.75) is 13.0 Å². The summed E-state index contributed by atoms with van der Waals surface area (Å²) < 4.78 is 20.2. The Kier molecular flexibility index (Phi) is 3.96. The third-order valence-electron chi connectivity index (χ3n) is 2.88. The highest BCUT2D eigenvalue weighted by Crippen LogP contribution is 2.19. The van der Waals surface area contributed by atoms with Gasteiger partial charge in [-0.05, 0) is 18.2 Å². The average molecular weight is 307 g/mol. The fourth-order valence-corrected chi connectivity index (χ4v) is 2.12. The van der Waals surface area contributed by atoms with Gasteiger partial charge in [-0.3, -0.25) is 0 Å². The molecule has 0 bridgehead atoms. The van der Waals surface area contributed by atoms with Crippen molar-refractivity contribution in [1.82, 2.24) is 20.0 Å². The number of rotatable bonds is 5. The fourth-order valence-electron chi connectivity index (χ4n) is 1.93. The average Bonchev–Trinajstić information content (AvgIpc) is 3.10. The summed E-state index contributed by atoms with van der Waals surface area (Å²) in [6.45, 7) is 0.439. The molecule has 7 heteroatoms. The third kappa shape index (κ3) is 3.28. The van der Waals surface area contributed by atoms with Crippen molar-refractivity contribution in [3.63, 3.8) is 0 Å². The van der Waals surface area contributed by atoms with Crippen molar-refractivity contribution in [2.24, 2.45) is 0 Å². The zero-order chi connectivity index (χ0) is 14.7. The Morgan fingerprint density at radius 3 is 3.00 bits per heavy atom. The first-order valence-corrected chi connectivity index (χ1v) is 6.93. The lowest BCUT2D eigenvalue weighted by Gasteiger charge is -1.95. The van der Waals surface area contributed by atoms with Gasteiger partial charge in [0.25, 0.3) is 0 Å². The Labute approximate surface area is 125 Å². The van der Waals surface area contributed by atoms with Gasteiger partial charge in [0.2, 0.25) is 5.89 Å². The summed E-state index contributed by atoms with van der Waals surface area (Å²) in [5.41, 5.74) is 2.12. The van der Waals surface area contributed by atoms with Gasteiger partial charge in [-0.25, -0.2) is 14.1 Å². The van der Waals surface area contributed by atoms with Crippen LogP contribution in [0.25, 0.3) is 11.5 Å². The number of halogens is 2. The Balaban J connectivity index is 1.75. The molecule has 108 valence electrons. The van der Waals surface area contributed by atoms with E-state index >= 15 is 0 Å². The van der Waals surface area contributed by atoms with Crippen molar-refractivity contribution in [2.75, 3.05) is 5.88 Å². The van der Waals surface area contributed by atoms with Crippen LogP contribution in [-0.4, -0.2) is 25.9 Å². The Hall–Kier alpha value is -2.21. The first-order chi connectivity index (χ1) is 10.2. The van der Waals surface area contributed by atoms with Crippen LogP contribution in [0, 0.1) is 5.82 Å². The molecule has 0 saturated carbocycles. The molecule has 0 radical (unpaired) electrons. The summed E-state index contributed by atoms with van der Waals surface area (Å²) in [5, 5.41) is 7.99. The van der Waals surface area contributed by atoms with E-state index in [4.69, 9.17) is 16.0 Å². The lowest BCUT2D eigenvalue weighted by atomic mass is 10.2. The van der Waals surface area contributed by atoms with Gasteiger partial charge in [0.15, 0.2) is 0 Å². The van der Waals surface area contributed by atoms with Crippen LogP contribution in [-0.2, 0) is 13.0 Å². The van der Waals surface area contributed by atoms with Gasteiger partial charge in [0, 0.05) is 24.1 Å². The van der Waals surface area contributed by atoms with E-state index in [1.165, 1.54) is 18.4 Å². The molecule has 0 atom stereocenters. The van der Waals surface area contributed by atoms with Crippen molar-refractivity contribution in [1.29, 1.82) is 0 Å². The lowest BCUT2D eigenvalue weighted by molar-refractivity contribution is 0.566. The topological polar surface area (TPSA) is 56.7 Å². The monoisotopic (exact) mass is 306 g/mol. The van der Waals surface area contributed by atoms with Crippen LogP contribution >= 0.6 is 11.6 Å². The van der Waals surface area contributed by atoms with E-state index in [-0.39, 0.29) is 5.82 Å². The molecule has 0 fully saturated rings. The van der Waals surface area contributed by atoms with Gasteiger partial charge in [0.1, 0.15) is 17.8 Å². The van der Waals surface area contributed by atoms with Gasteiger partial charge in [-0.2, -0.15) is 0 Å². The zero-order valence-corrected chi connectivity index (χ0v) is 11.8. The Morgan fingerprint density at radius 1 is 1.29 bits per heavy atom. The summed E-state index contributed by atoms with van der Waals surface area (Å²) in [7, 11) is 0. The van der Waals surface area contributed by atoms with Crippen LogP contribution in [0.5, 0.6) is 0 Å². The number of oxazole rings is 1. The minimum absolute atomic E-state index is 0.325. The smallest absolute Gasteiger partial charge is 0.226 e. The summed E-state index contributed by atoms with van der Waals surface area (Å²) in [6, 6.07) is 6.11. The van der Waals surface area contributed by atoms with E-state index in [9.17, 15) is 4.39 Å². The van der Waals surface area contributed by atoms with Gasteiger partial charge in [-0.15, -0.1) is 16.7 Å². The van der Waals surface area contributed by atoms with Crippen molar-refractivity contribution in [3.8, 4) is 11.5 Å². The largest absolute Gasteiger partial charge is 0.444 e. The van der Waals surface area contributed by atoms with E-state index in [1.54, 1.807) is 16.8 Å². The Morgan fingerprint density at radius 2 is 2.19 bits per heavy atom. The van der Waals surface area contributed by atoms with Crippen molar-refractivity contribution in [3.05, 3.63) is 53.9 Å². The number of aromatic nitrogens is 4. The van der Waals surface area contributed by atoms with Gasteiger partial charge >= 0.3 is 0 Å². The van der Waals surface area contributed by atoms with Crippen LogP contribution in [0.2, 0.25) is 0 Å². The molecule has 0 unspecified atom stereocenters. The maximum Gasteiger partial charge on any atom is 0.226 e. The number of hydrogen-bond acceptors (Lipinski definition) is 4. The zero-order valence-electron chi connectivity index (χ0n) is 11.0. The molecule has 2 heterocycles. The summed E-state index contributed by atoms with van der Waals surface area (Å²) in [4.78, 5) is 4.32. The van der Waals surface area contributed by atoms with Crippen molar-refractivity contribution >= 4 is 11.6 Å². The number of aryl methyl sites for hydroxylation is 1. The summed E-state index contributed by atoms with van der Waals surface area (Å²) >= 11 is 5.65. The standard InChI is InChI=1S/C14H12ClFN4O/c15-5-4-12-7-20(19-18-12)8-13-9-21-14(17-13)10-2-1-3-11(16)6-10/h1-3,6-7,9H,4-5,8H2. The lowest BCUT2D eigenvalue weighted by Crippen LogP contribution is -2.00. The first kappa shape index (κ1) is 13.8. The number of alkyl halides is 1. The number of benzene rings is 1. The molecular weight excluding hydrogens is 295 g/mol.